The molecule has 3 heterocycles. The van der Waals surface area contributed by atoms with E-state index >= 15 is 0 Å². The summed E-state index contributed by atoms with van der Waals surface area (Å²) in [6.07, 6.45) is 2.17. The van der Waals surface area contributed by atoms with Gasteiger partial charge in [-0.3, -0.25) is 4.99 Å². The van der Waals surface area contributed by atoms with E-state index in [0.29, 0.717) is 5.92 Å². The van der Waals surface area contributed by atoms with Gasteiger partial charge < -0.3 is 4.90 Å². The van der Waals surface area contributed by atoms with Gasteiger partial charge in [-0.15, -0.1) is 23.1 Å². The highest BCUT2D eigenvalue weighted by Crippen LogP contribution is 2.46. The lowest BCUT2D eigenvalue weighted by molar-refractivity contribution is 0.640. The third-order valence-corrected chi connectivity index (χ3v) is 7.12. The lowest BCUT2D eigenvalue weighted by Gasteiger charge is -2.19. The monoisotopic (exact) mass is 346 g/mol. The maximum Gasteiger partial charge on any atom is 0.168 e. The van der Waals surface area contributed by atoms with Crippen LogP contribution >= 0.6 is 34.9 Å². The van der Waals surface area contributed by atoms with Gasteiger partial charge in [0.05, 0.1) is 12.2 Å². The Hall–Kier alpha value is -0.910. The second-order valence-corrected chi connectivity index (χ2v) is 8.60. The molecule has 0 bridgehead atoms. The molecule has 0 radical (unpaired) electrons. The molecule has 4 rings (SSSR count). The number of allylic oxidation sites excluding steroid dienone is 1. The van der Waals surface area contributed by atoms with Crippen molar-refractivity contribution < 1.29 is 0 Å². The molecule has 0 saturated carbocycles. The van der Waals surface area contributed by atoms with E-state index in [4.69, 9.17) is 0 Å². The van der Waals surface area contributed by atoms with Crippen molar-refractivity contribution in [2.45, 2.75) is 18.7 Å². The predicted molar refractivity (Wildman–Crippen MR) is 102 cm³/mol. The molecule has 2 aromatic rings. The van der Waals surface area contributed by atoms with Crippen LogP contribution in [0, 0.1) is 5.92 Å². The molecule has 2 nitrogen and oxygen atoms in total. The molecule has 114 valence electrons. The number of rotatable bonds is 3. The van der Waals surface area contributed by atoms with Gasteiger partial charge in [0, 0.05) is 32.0 Å². The Morgan fingerprint density at radius 3 is 2.95 bits per heavy atom. The van der Waals surface area contributed by atoms with Gasteiger partial charge in [-0.2, -0.15) is 0 Å². The SMILES string of the molecule is CSc1cc(C2=C(C(C)C)SC3=NCCN32)cc2sccc12. The van der Waals surface area contributed by atoms with Crippen LogP contribution in [0.5, 0.6) is 0 Å². The highest BCUT2D eigenvalue weighted by molar-refractivity contribution is 8.17. The molecule has 0 spiro atoms. The Kier molecular flexibility index (Phi) is 3.75. The quantitative estimate of drug-likeness (QED) is 0.695. The first-order chi connectivity index (χ1) is 10.7. The van der Waals surface area contributed by atoms with Gasteiger partial charge in [0.2, 0.25) is 0 Å². The van der Waals surface area contributed by atoms with E-state index in [1.807, 2.05) is 34.9 Å². The van der Waals surface area contributed by atoms with Crippen molar-refractivity contribution in [2.24, 2.45) is 10.9 Å². The second-order valence-electron chi connectivity index (χ2n) is 5.80. The van der Waals surface area contributed by atoms with Crippen molar-refractivity contribution in [3.8, 4) is 0 Å². The Morgan fingerprint density at radius 2 is 2.18 bits per heavy atom. The molecule has 0 atom stereocenters. The molecule has 0 fully saturated rings. The summed E-state index contributed by atoms with van der Waals surface area (Å²) in [5.74, 6) is 0.532. The van der Waals surface area contributed by atoms with E-state index in [-0.39, 0.29) is 0 Å². The summed E-state index contributed by atoms with van der Waals surface area (Å²) in [5, 5.41) is 4.77. The maximum atomic E-state index is 4.66. The molecular formula is C17H18N2S3. The van der Waals surface area contributed by atoms with Crippen molar-refractivity contribution in [1.29, 1.82) is 0 Å². The highest BCUT2D eigenvalue weighted by Gasteiger charge is 2.34. The summed E-state index contributed by atoms with van der Waals surface area (Å²) in [7, 11) is 0. The summed E-state index contributed by atoms with van der Waals surface area (Å²) < 4.78 is 1.38. The van der Waals surface area contributed by atoms with Crippen molar-refractivity contribution >= 4 is 55.8 Å². The average molecular weight is 347 g/mol. The van der Waals surface area contributed by atoms with Crippen molar-refractivity contribution in [3.05, 3.63) is 34.0 Å². The minimum atomic E-state index is 0.532. The number of amidine groups is 1. The van der Waals surface area contributed by atoms with E-state index in [1.54, 1.807) is 0 Å². The summed E-state index contributed by atoms with van der Waals surface area (Å²) in [4.78, 5) is 9.91. The summed E-state index contributed by atoms with van der Waals surface area (Å²) in [5.41, 5.74) is 2.74. The van der Waals surface area contributed by atoms with Gasteiger partial charge in [0.1, 0.15) is 0 Å². The smallest absolute Gasteiger partial charge is 0.168 e. The van der Waals surface area contributed by atoms with Gasteiger partial charge in [0.15, 0.2) is 5.17 Å². The van der Waals surface area contributed by atoms with Crippen LogP contribution in [0.25, 0.3) is 15.8 Å². The maximum absolute atomic E-state index is 4.66. The number of fused-ring (bicyclic) bond motifs is 2. The molecule has 0 saturated heterocycles. The number of thiophene rings is 1. The van der Waals surface area contributed by atoms with Gasteiger partial charge in [0.25, 0.3) is 0 Å². The molecule has 2 aliphatic heterocycles. The first kappa shape index (κ1) is 14.7. The van der Waals surface area contributed by atoms with Crippen LogP contribution in [0.1, 0.15) is 19.4 Å². The highest BCUT2D eigenvalue weighted by atomic mass is 32.2. The van der Waals surface area contributed by atoms with E-state index in [0.717, 1.165) is 13.1 Å². The van der Waals surface area contributed by atoms with Gasteiger partial charge in [-0.25, -0.2) is 0 Å². The molecule has 1 aromatic carbocycles. The molecule has 0 N–H and O–H groups in total. The minimum absolute atomic E-state index is 0.532. The average Bonchev–Trinajstić information content (AvgIpc) is 3.19. The number of thioether (sulfide) groups is 2. The van der Waals surface area contributed by atoms with Gasteiger partial charge >= 0.3 is 0 Å². The van der Waals surface area contributed by atoms with Crippen molar-refractivity contribution in [3.63, 3.8) is 0 Å². The van der Waals surface area contributed by atoms with E-state index in [2.05, 4.69) is 53.6 Å². The second kappa shape index (κ2) is 5.62. The van der Waals surface area contributed by atoms with E-state index in [1.165, 1.54) is 36.3 Å². The van der Waals surface area contributed by atoms with Gasteiger partial charge in [-0.1, -0.05) is 25.6 Å². The van der Waals surface area contributed by atoms with Crippen molar-refractivity contribution in [1.82, 2.24) is 4.90 Å². The zero-order chi connectivity index (χ0) is 15.3. The Bertz CT molecular complexity index is 801. The fraction of sp³-hybridized carbons (Fsp3) is 0.353. The molecule has 0 amide bonds. The molecule has 1 aromatic heterocycles. The molecule has 0 aliphatic carbocycles. The standard InChI is InChI=1S/C17H18N2S3/c1-10(2)16-15(19-6-5-18-17(19)22-16)11-8-13(20-3)12-4-7-21-14(12)9-11/h4,7-10H,5-6H2,1-3H3. The first-order valence-corrected chi connectivity index (χ1v) is 10.4. The van der Waals surface area contributed by atoms with E-state index < -0.39 is 0 Å². The summed E-state index contributed by atoms with van der Waals surface area (Å²) in [6, 6.07) is 6.96. The van der Waals surface area contributed by atoms with E-state index in [9.17, 15) is 0 Å². The van der Waals surface area contributed by atoms with Crippen LogP contribution in [-0.4, -0.2) is 29.4 Å². The zero-order valence-electron chi connectivity index (χ0n) is 12.9. The third kappa shape index (κ3) is 2.22. The molecule has 0 unspecified atom stereocenters. The predicted octanol–water partition coefficient (Wildman–Crippen LogP) is 5.37. The van der Waals surface area contributed by atoms with Crippen LogP contribution < -0.4 is 0 Å². The molecule has 5 heteroatoms. The number of aliphatic imine (C=N–C) groups is 1. The number of benzene rings is 1. The summed E-state index contributed by atoms with van der Waals surface area (Å²) >= 11 is 5.54. The normalized spacial score (nSPS) is 17.8. The first-order valence-electron chi connectivity index (χ1n) is 7.48. The fourth-order valence-corrected chi connectivity index (χ4v) is 5.80. The topological polar surface area (TPSA) is 15.6 Å². The van der Waals surface area contributed by atoms with Crippen LogP contribution in [-0.2, 0) is 0 Å². The number of hydrogen-bond donors (Lipinski definition) is 0. The lowest BCUT2D eigenvalue weighted by Crippen LogP contribution is -2.20. The van der Waals surface area contributed by atoms with Crippen LogP contribution in [0.2, 0.25) is 0 Å². The number of hydrogen-bond acceptors (Lipinski definition) is 5. The van der Waals surface area contributed by atoms with Crippen LogP contribution in [0.15, 0.2) is 38.4 Å². The summed E-state index contributed by atoms with van der Waals surface area (Å²) in [6.45, 7) is 6.51. The zero-order valence-corrected chi connectivity index (χ0v) is 15.4. The molecular weight excluding hydrogens is 328 g/mol. The van der Waals surface area contributed by atoms with Gasteiger partial charge in [-0.05, 0) is 35.8 Å². The largest absolute Gasteiger partial charge is 0.318 e. The Balaban J connectivity index is 1.92. The lowest BCUT2D eigenvalue weighted by atomic mass is 10.0. The fourth-order valence-electron chi connectivity index (χ4n) is 3.03. The third-order valence-electron chi connectivity index (χ3n) is 4.06. The molecule has 22 heavy (non-hydrogen) atoms. The Labute approximate surface area is 143 Å². The number of nitrogens with zero attached hydrogens (tertiary/aromatic N) is 2. The van der Waals surface area contributed by atoms with Crippen LogP contribution in [0.3, 0.4) is 0 Å². The Morgan fingerprint density at radius 1 is 1.32 bits per heavy atom. The minimum Gasteiger partial charge on any atom is -0.318 e. The van der Waals surface area contributed by atoms with Crippen molar-refractivity contribution in [2.75, 3.05) is 19.3 Å². The van der Waals surface area contributed by atoms with Crippen LogP contribution in [0.4, 0.5) is 0 Å². The molecule has 2 aliphatic rings.